The quantitative estimate of drug-likeness (QED) is 0.731. The molecule has 0 fully saturated rings. The lowest BCUT2D eigenvalue weighted by molar-refractivity contribution is -0.135. The Hall–Kier alpha value is -1.07. The van der Waals surface area contributed by atoms with Gasteiger partial charge in [0.05, 0.1) is 6.61 Å². The maximum absolute atomic E-state index is 11.9. The molecule has 1 N–H and O–H groups in total. The summed E-state index contributed by atoms with van der Waals surface area (Å²) in [4.78, 5) is 0. The van der Waals surface area contributed by atoms with Crippen molar-refractivity contribution in [1.82, 2.24) is 5.32 Å². The molecule has 5 heteroatoms. The molecule has 0 aromatic heterocycles. The smallest absolute Gasteiger partial charge is 0.380 e. The summed E-state index contributed by atoms with van der Waals surface area (Å²) in [5.41, 5.74) is 2.21. The van der Waals surface area contributed by atoms with Gasteiger partial charge in [-0.1, -0.05) is 24.3 Å². The second-order valence-corrected chi connectivity index (χ2v) is 4.50. The fourth-order valence-corrected chi connectivity index (χ4v) is 1.80. The predicted molar refractivity (Wildman–Crippen MR) is 68.8 cm³/mol. The van der Waals surface area contributed by atoms with E-state index in [1.165, 1.54) is 0 Å². The zero-order valence-electron chi connectivity index (χ0n) is 11.1. The van der Waals surface area contributed by atoms with Crippen molar-refractivity contribution in [2.45, 2.75) is 38.6 Å². The summed E-state index contributed by atoms with van der Waals surface area (Å²) in [6.07, 6.45) is -4.01. The van der Waals surface area contributed by atoms with Gasteiger partial charge in [0.25, 0.3) is 0 Å². The first-order valence-electron chi connectivity index (χ1n) is 6.35. The highest BCUT2D eigenvalue weighted by Gasteiger charge is 2.25. The van der Waals surface area contributed by atoms with Gasteiger partial charge in [0.15, 0.2) is 0 Å². The van der Waals surface area contributed by atoms with Crippen molar-refractivity contribution in [3.8, 4) is 0 Å². The van der Waals surface area contributed by atoms with Crippen LogP contribution >= 0.6 is 0 Å². The first kappa shape index (κ1) is 16.0. The molecule has 1 aromatic rings. The topological polar surface area (TPSA) is 21.3 Å². The van der Waals surface area contributed by atoms with Crippen molar-refractivity contribution in [1.29, 1.82) is 0 Å². The zero-order chi connectivity index (χ0) is 14.1. The van der Waals surface area contributed by atoms with Gasteiger partial charge in [0.1, 0.15) is 0 Å². The van der Waals surface area contributed by atoms with E-state index in [1.807, 2.05) is 24.3 Å². The molecule has 0 bridgehead atoms. The van der Waals surface area contributed by atoms with Crippen LogP contribution < -0.4 is 5.32 Å². The minimum absolute atomic E-state index is 0.181. The number of hydrogen-bond donors (Lipinski definition) is 1. The first-order valence-corrected chi connectivity index (χ1v) is 6.35. The summed E-state index contributed by atoms with van der Waals surface area (Å²) < 4.78 is 40.8. The van der Waals surface area contributed by atoms with E-state index in [0.29, 0.717) is 26.1 Å². The molecule has 0 radical (unpaired) electrons. The number of unbranched alkanes of at least 4 members (excludes halogenated alkanes) is 1. The number of benzene rings is 1. The SMILES string of the molecule is COCc1cccc(CNCCCCC(F)(F)F)c1. The maximum Gasteiger partial charge on any atom is 0.389 e. The molecular weight excluding hydrogens is 255 g/mol. The van der Waals surface area contributed by atoms with E-state index in [4.69, 9.17) is 4.74 Å². The van der Waals surface area contributed by atoms with Gasteiger partial charge in [0, 0.05) is 20.1 Å². The number of ether oxygens (including phenoxy) is 1. The van der Waals surface area contributed by atoms with Crippen LogP contribution in [0.5, 0.6) is 0 Å². The van der Waals surface area contributed by atoms with Crippen molar-refractivity contribution in [3.05, 3.63) is 35.4 Å². The zero-order valence-corrected chi connectivity index (χ0v) is 11.1. The molecule has 108 valence electrons. The number of methoxy groups -OCH3 is 1. The van der Waals surface area contributed by atoms with Crippen molar-refractivity contribution in [2.24, 2.45) is 0 Å². The van der Waals surface area contributed by atoms with Crippen molar-refractivity contribution >= 4 is 0 Å². The van der Waals surface area contributed by atoms with Crippen LogP contribution in [0.4, 0.5) is 13.2 Å². The van der Waals surface area contributed by atoms with Crippen molar-refractivity contribution < 1.29 is 17.9 Å². The monoisotopic (exact) mass is 275 g/mol. The van der Waals surface area contributed by atoms with Crippen molar-refractivity contribution in [2.75, 3.05) is 13.7 Å². The molecule has 0 saturated heterocycles. The first-order chi connectivity index (χ1) is 9.01. The Morgan fingerprint density at radius 2 is 1.89 bits per heavy atom. The number of halogens is 3. The van der Waals surface area contributed by atoms with E-state index in [1.54, 1.807) is 7.11 Å². The lowest BCUT2D eigenvalue weighted by Gasteiger charge is -2.08. The van der Waals surface area contributed by atoms with Crippen LogP contribution in [0.2, 0.25) is 0 Å². The van der Waals surface area contributed by atoms with E-state index in [0.717, 1.165) is 11.1 Å². The summed E-state index contributed by atoms with van der Waals surface area (Å²) in [6.45, 7) is 1.84. The fourth-order valence-electron chi connectivity index (χ4n) is 1.80. The third kappa shape index (κ3) is 7.85. The van der Waals surface area contributed by atoms with E-state index in [2.05, 4.69) is 5.32 Å². The lowest BCUT2D eigenvalue weighted by atomic mass is 10.1. The molecule has 0 aliphatic rings. The van der Waals surface area contributed by atoms with E-state index in [-0.39, 0.29) is 6.42 Å². The molecular formula is C14H20F3NO. The third-order valence-electron chi connectivity index (χ3n) is 2.70. The fraction of sp³-hybridized carbons (Fsp3) is 0.571. The van der Waals surface area contributed by atoms with E-state index < -0.39 is 12.6 Å². The van der Waals surface area contributed by atoms with Gasteiger partial charge in [-0.15, -0.1) is 0 Å². The highest BCUT2D eigenvalue weighted by Crippen LogP contribution is 2.21. The minimum Gasteiger partial charge on any atom is -0.380 e. The molecule has 2 nitrogen and oxygen atoms in total. The van der Waals surface area contributed by atoms with Gasteiger partial charge in [-0.2, -0.15) is 13.2 Å². The molecule has 0 unspecified atom stereocenters. The molecule has 0 spiro atoms. The summed E-state index contributed by atoms with van der Waals surface area (Å²) in [7, 11) is 1.64. The summed E-state index contributed by atoms with van der Waals surface area (Å²) in [6, 6.07) is 7.96. The highest BCUT2D eigenvalue weighted by atomic mass is 19.4. The molecule has 0 heterocycles. The Morgan fingerprint density at radius 3 is 2.58 bits per heavy atom. The normalized spacial score (nSPS) is 11.8. The summed E-state index contributed by atoms with van der Waals surface area (Å²) in [5, 5.41) is 3.15. The van der Waals surface area contributed by atoms with Crippen molar-refractivity contribution in [3.63, 3.8) is 0 Å². The van der Waals surface area contributed by atoms with Crippen LogP contribution in [0.3, 0.4) is 0 Å². The van der Waals surface area contributed by atoms with Crippen LogP contribution in [-0.2, 0) is 17.9 Å². The molecule has 0 amide bonds. The van der Waals surface area contributed by atoms with Gasteiger partial charge in [-0.25, -0.2) is 0 Å². The van der Waals surface area contributed by atoms with Gasteiger partial charge in [0.2, 0.25) is 0 Å². The Balaban J connectivity index is 2.17. The molecule has 0 aliphatic heterocycles. The second-order valence-electron chi connectivity index (χ2n) is 4.50. The Kier molecular flexibility index (Phi) is 6.87. The van der Waals surface area contributed by atoms with Crippen LogP contribution in [0.15, 0.2) is 24.3 Å². The maximum atomic E-state index is 11.9. The highest BCUT2D eigenvalue weighted by molar-refractivity contribution is 5.22. The number of rotatable bonds is 8. The lowest BCUT2D eigenvalue weighted by Crippen LogP contribution is -2.16. The molecule has 0 saturated carbocycles. The second kappa shape index (κ2) is 8.17. The Bertz CT molecular complexity index is 366. The third-order valence-corrected chi connectivity index (χ3v) is 2.70. The minimum atomic E-state index is -4.03. The van der Waals surface area contributed by atoms with Gasteiger partial charge >= 0.3 is 6.18 Å². The average molecular weight is 275 g/mol. The van der Waals surface area contributed by atoms with Crippen LogP contribution in [-0.4, -0.2) is 19.8 Å². The Morgan fingerprint density at radius 1 is 1.16 bits per heavy atom. The summed E-state index contributed by atoms with van der Waals surface area (Å²) in [5.74, 6) is 0. The molecule has 1 aromatic carbocycles. The van der Waals surface area contributed by atoms with E-state index in [9.17, 15) is 13.2 Å². The van der Waals surface area contributed by atoms with E-state index >= 15 is 0 Å². The number of alkyl halides is 3. The van der Waals surface area contributed by atoms with Crippen LogP contribution in [0.25, 0.3) is 0 Å². The van der Waals surface area contributed by atoms with Gasteiger partial charge < -0.3 is 10.1 Å². The molecule has 0 aliphatic carbocycles. The summed E-state index contributed by atoms with van der Waals surface area (Å²) >= 11 is 0. The molecule has 1 rings (SSSR count). The standard InChI is InChI=1S/C14H20F3NO/c1-19-11-13-6-4-5-12(9-13)10-18-8-3-2-7-14(15,16)17/h4-6,9,18H,2-3,7-8,10-11H2,1H3. The largest absolute Gasteiger partial charge is 0.389 e. The van der Waals surface area contributed by atoms with Gasteiger partial charge in [-0.3, -0.25) is 0 Å². The van der Waals surface area contributed by atoms with Gasteiger partial charge in [-0.05, 0) is 30.5 Å². The number of nitrogens with one attached hydrogen (secondary N) is 1. The van der Waals surface area contributed by atoms with Crippen LogP contribution in [0, 0.1) is 0 Å². The average Bonchev–Trinajstić information content (AvgIpc) is 2.33. The molecule has 0 atom stereocenters. The predicted octanol–water partition coefficient (Wildman–Crippen LogP) is 3.66. The molecule has 19 heavy (non-hydrogen) atoms. The Labute approximate surface area is 112 Å². The van der Waals surface area contributed by atoms with Crippen LogP contribution in [0.1, 0.15) is 30.4 Å². The number of hydrogen-bond acceptors (Lipinski definition) is 2.